The molecule has 170 valence electrons. The fraction of sp³-hybridized carbons (Fsp3) is 0.364. The fourth-order valence-corrected chi connectivity index (χ4v) is 4.36. The first-order valence-electron chi connectivity index (χ1n) is 9.96. The van der Waals surface area contributed by atoms with Crippen molar-refractivity contribution in [3.8, 4) is 0 Å². The number of benzene rings is 2. The van der Waals surface area contributed by atoms with Crippen molar-refractivity contribution in [2.24, 2.45) is 38.8 Å². The second-order valence-electron chi connectivity index (χ2n) is 7.66. The Morgan fingerprint density at radius 3 is 1.61 bits per heavy atom. The molecule has 0 radical (unpaired) electrons. The van der Waals surface area contributed by atoms with Crippen molar-refractivity contribution in [1.29, 1.82) is 0 Å². The van der Waals surface area contributed by atoms with Gasteiger partial charge in [-0.1, -0.05) is 24.3 Å². The molecule has 0 amide bonds. The summed E-state index contributed by atoms with van der Waals surface area (Å²) in [4.78, 5) is 8.21. The van der Waals surface area contributed by atoms with Gasteiger partial charge >= 0.3 is 0 Å². The molecule has 7 nitrogen and oxygen atoms in total. The first-order valence-corrected chi connectivity index (χ1v) is 9.96. The number of hydrogen-bond donors (Lipinski definition) is 5. The van der Waals surface area contributed by atoms with Crippen LogP contribution in [0.25, 0.3) is 0 Å². The van der Waals surface area contributed by atoms with Crippen LogP contribution in [-0.4, -0.2) is 23.6 Å². The molecular formula is C22H32Cl2N6O. The maximum absolute atomic E-state index is 9.41. The number of nitrogens with two attached hydrogens (primary N) is 4. The molecule has 0 aliphatic heterocycles. The van der Waals surface area contributed by atoms with E-state index >= 15 is 0 Å². The van der Waals surface area contributed by atoms with Crippen LogP contribution in [-0.2, 0) is 0 Å². The second kappa shape index (κ2) is 12.4. The number of rotatable bonds is 6. The summed E-state index contributed by atoms with van der Waals surface area (Å²) >= 11 is 0. The minimum Gasteiger partial charge on any atom is -0.396 e. The highest BCUT2D eigenvalue weighted by Gasteiger charge is 2.32. The summed E-state index contributed by atoms with van der Waals surface area (Å²) < 4.78 is 0. The molecule has 0 heterocycles. The van der Waals surface area contributed by atoms with Crippen LogP contribution in [0.2, 0.25) is 0 Å². The first kappa shape index (κ1) is 26.6. The van der Waals surface area contributed by atoms with Crippen molar-refractivity contribution in [2.45, 2.75) is 37.5 Å². The Kier molecular flexibility index (Phi) is 10.6. The molecule has 9 heteroatoms. The molecule has 1 fully saturated rings. The maximum atomic E-state index is 9.41. The van der Waals surface area contributed by atoms with E-state index < -0.39 is 0 Å². The molecule has 2 aromatic carbocycles. The van der Waals surface area contributed by atoms with Gasteiger partial charge in [0, 0.05) is 6.61 Å². The van der Waals surface area contributed by atoms with Crippen molar-refractivity contribution in [1.82, 2.24) is 0 Å². The standard InChI is InChI=1S/C22H30N6O.2ClH/c23-21(24)27-17-6-2-15(3-7-17)19-10-1-14(11-12-29)13-20(19)16-4-8-18(9-5-16)28-22(25)26;;/h2-9,14,19-20,29H,1,10-13H2,(H4,23,24,27)(H4,25,26,28);2*1H/t14?,19-,20-;;/m0../s1. The summed E-state index contributed by atoms with van der Waals surface area (Å²) in [6.45, 7) is 0.235. The fourth-order valence-electron chi connectivity index (χ4n) is 4.36. The molecule has 3 rings (SSSR count). The van der Waals surface area contributed by atoms with Gasteiger partial charge in [-0.3, -0.25) is 0 Å². The third kappa shape index (κ3) is 7.31. The lowest BCUT2D eigenvalue weighted by atomic mass is 9.68. The minimum atomic E-state index is 0. The molecule has 31 heavy (non-hydrogen) atoms. The smallest absolute Gasteiger partial charge is 0.191 e. The zero-order valence-electron chi connectivity index (χ0n) is 17.4. The molecule has 1 aliphatic rings. The van der Waals surface area contributed by atoms with Crippen molar-refractivity contribution in [3.05, 3.63) is 59.7 Å². The summed E-state index contributed by atoms with van der Waals surface area (Å²) in [5.74, 6) is 1.40. The highest BCUT2D eigenvalue weighted by atomic mass is 35.5. The maximum Gasteiger partial charge on any atom is 0.191 e. The third-order valence-electron chi connectivity index (χ3n) is 5.66. The Bertz CT molecular complexity index is 863. The van der Waals surface area contributed by atoms with Crippen LogP contribution in [0, 0.1) is 5.92 Å². The normalized spacial score (nSPS) is 20.0. The molecule has 0 aromatic heterocycles. The molecule has 0 saturated heterocycles. The molecule has 1 unspecified atom stereocenters. The van der Waals surface area contributed by atoms with Crippen LogP contribution in [0.4, 0.5) is 11.4 Å². The SMILES string of the molecule is Cl.Cl.NC(N)=Nc1ccc([C@@H]2CCC(CCO)C[C@H]2c2ccc(N=C(N)N)cc2)cc1. The largest absolute Gasteiger partial charge is 0.396 e. The summed E-state index contributed by atoms with van der Waals surface area (Å²) in [6, 6.07) is 16.2. The molecule has 9 N–H and O–H groups in total. The third-order valence-corrected chi connectivity index (χ3v) is 5.66. The molecule has 2 aromatic rings. The zero-order valence-corrected chi connectivity index (χ0v) is 19.0. The number of guanidine groups is 2. The van der Waals surface area contributed by atoms with E-state index in [1.165, 1.54) is 11.1 Å². The van der Waals surface area contributed by atoms with Crippen LogP contribution in [0.5, 0.6) is 0 Å². The van der Waals surface area contributed by atoms with Gasteiger partial charge in [0.15, 0.2) is 11.9 Å². The lowest BCUT2D eigenvalue weighted by Crippen LogP contribution is -2.23. The van der Waals surface area contributed by atoms with Gasteiger partial charge in [-0.25, -0.2) is 9.98 Å². The Morgan fingerprint density at radius 1 is 0.742 bits per heavy atom. The minimum absolute atomic E-state index is 0. The summed E-state index contributed by atoms with van der Waals surface area (Å²) in [5, 5.41) is 9.41. The molecule has 0 spiro atoms. The number of aliphatic hydroxyl groups is 1. The Hall–Kier alpha value is -2.48. The van der Waals surface area contributed by atoms with Gasteiger partial charge in [0.05, 0.1) is 11.4 Å². The number of aliphatic imine (C=N–C) groups is 2. The topological polar surface area (TPSA) is 149 Å². The Balaban J connectivity index is 0.00000240. The number of hydrogen-bond acceptors (Lipinski definition) is 3. The van der Waals surface area contributed by atoms with Crippen LogP contribution in [0.15, 0.2) is 58.5 Å². The number of halogens is 2. The lowest BCUT2D eigenvalue weighted by Gasteiger charge is -2.37. The number of aliphatic hydroxyl groups excluding tert-OH is 1. The summed E-state index contributed by atoms with van der Waals surface area (Å²) in [5.41, 5.74) is 25.9. The van der Waals surface area contributed by atoms with Crippen LogP contribution >= 0.6 is 24.8 Å². The van der Waals surface area contributed by atoms with E-state index in [1.54, 1.807) is 0 Å². The van der Waals surface area contributed by atoms with Gasteiger partial charge < -0.3 is 28.0 Å². The van der Waals surface area contributed by atoms with E-state index in [0.29, 0.717) is 17.8 Å². The van der Waals surface area contributed by atoms with Gasteiger partial charge in [0.2, 0.25) is 0 Å². The van der Waals surface area contributed by atoms with Crippen LogP contribution in [0.3, 0.4) is 0 Å². The second-order valence-corrected chi connectivity index (χ2v) is 7.66. The lowest BCUT2D eigenvalue weighted by molar-refractivity contribution is 0.209. The molecule has 3 atom stereocenters. The van der Waals surface area contributed by atoms with E-state index in [4.69, 9.17) is 22.9 Å². The predicted octanol–water partition coefficient (Wildman–Crippen LogP) is 3.39. The molecule has 1 aliphatic carbocycles. The van der Waals surface area contributed by atoms with Crippen LogP contribution < -0.4 is 22.9 Å². The Morgan fingerprint density at radius 2 is 1.19 bits per heavy atom. The van der Waals surface area contributed by atoms with Crippen molar-refractivity contribution >= 4 is 48.1 Å². The van der Waals surface area contributed by atoms with Gasteiger partial charge in [0.1, 0.15) is 0 Å². The average Bonchev–Trinajstić information content (AvgIpc) is 2.69. The van der Waals surface area contributed by atoms with Gasteiger partial charge in [-0.2, -0.15) is 0 Å². The molecule has 0 bridgehead atoms. The van der Waals surface area contributed by atoms with E-state index in [0.717, 1.165) is 37.1 Å². The first-order chi connectivity index (χ1) is 14.0. The van der Waals surface area contributed by atoms with Gasteiger partial charge in [-0.15, -0.1) is 24.8 Å². The predicted molar refractivity (Wildman–Crippen MR) is 133 cm³/mol. The van der Waals surface area contributed by atoms with E-state index in [-0.39, 0.29) is 43.3 Å². The van der Waals surface area contributed by atoms with E-state index in [9.17, 15) is 5.11 Å². The zero-order chi connectivity index (χ0) is 20.8. The highest BCUT2D eigenvalue weighted by molar-refractivity contribution is 5.85. The quantitative estimate of drug-likeness (QED) is 0.326. The Labute approximate surface area is 195 Å². The molecule has 1 saturated carbocycles. The van der Waals surface area contributed by atoms with Crippen LogP contribution in [0.1, 0.15) is 48.6 Å². The van der Waals surface area contributed by atoms with E-state index in [1.807, 2.05) is 24.3 Å². The summed E-state index contributed by atoms with van der Waals surface area (Å²) in [7, 11) is 0. The van der Waals surface area contributed by atoms with Crippen molar-refractivity contribution in [3.63, 3.8) is 0 Å². The monoisotopic (exact) mass is 466 g/mol. The molecular weight excluding hydrogens is 435 g/mol. The van der Waals surface area contributed by atoms with Gasteiger partial charge in [0.25, 0.3) is 0 Å². The van der Waals surface area contributed by atoms with Gasteiger partial charge in [-0.05, 0) is 78.8 Å². The summed E-state index contributed by atoms with van der Waals surface area (Å²) in [6.07, 6.45) is 4.08. The average molecular weight is 467 g/mol. The highest BCUT2D eigenvalue weighted by Crippen LogP contribution is 2.47. The van der Waals surface area contributed by atoms with E-state index in [2.05, 4.69) is 34.3 Å². The number of nitrogens with zero attached hydrogens (tertiary/aromatic N) is 2. The van der Waals surface area contributed by atoms with Crippen molar-refractivity contribution < 1.29 is 5.11 Å². The van der Waals surface area contributed by atoms with Crippen molar-refractivity contribution in [2.75, 3.05) is 6.61 Å².